The summed E-state index contributed by atoms with van der Waals surface area (Å²) in [5.41, 5.74) is 0. The van der Waals surface area contributed by atoms with Crippen molar-refractivity contribution in [2.45, 2.75) is 25.9 Å². The standard InChI is InChI=1S/C9H17N3O5/c1-3-10-7(14)5(2)11-9(17)12-6(4-13)8(15)16/h5-6,13H,3-4H2,1-2H3,(H,10,14)(H,15,16)(H2,11,12,17). The molecule has 0 fully saturated rings. The highest BCUT2D eigenvalue weighted by atomic mass is 16.4. The number of carbonyl (C=O) groups excluding carboxylic acids is 2. The van der Waals surface area contributed by atoms with Crippen LogP contribution in [0.25, 0.3) is 0 Å². The molecule has 0 aliphatic rings. The van der Waals surface area contributed by atoms with Gasteiger partial charge in [0, 0.05) is 6.54 Å². The third kappa shape index (κ3) is 5.71. The zero-order valence-electron chi connectivity index (χ0n) is 9.69. The zero-order valence-corrected chi connectivity index (χ0v) is 9.69. The number of carboxylic acids is 1. The van der Waals surface area contributed by atoms with Crippen molar-refractivity contribution in [3.05, 3.63) is 0 Å². The van der Waals surface area contributed by atoms with Gasteiger partial charge in [-0.05, 0) is 13.8 Å². The molecule has 2 unspecified atom stereocenters. The van der Waals surface area contributed by atoms with Crippen LogP contribution in [0, 0.1) is 0 Å². The van der Waals surface area contributed by atoms with Crippen LogP contribution in [0.3, 0.4) is 0 Å². The molecule has 0 aromatic carbocycles. The van der Waals surface area contributed by atoms with Crippen LogP contribution < -0.4 is 16.0 Å². The first-order valence-corrected chi connectivity index (χ1v) is 5.10. The molecule has 0 aliphatic heterocycles. The Kier molecular flexibility index (Phi) is 6.64. The van der Waals surface area contributed by atoms with Gasteiger partial charge in [-0.1, -0.05) is 0 Å². The molecule has 0 saturated carbocycles. The molecule has 8 nitrogen and oxygen atoms in total. The highest BCUT2D eigenvalue weighted by Crippen LogP contribution is 1.85. The minimum Gasteiger partial charge on any atom is -0.480 e. The average molecular weight is 247 g/mol. The molecule has 98 valence electrons. The smallest absolute Gasteiger partial charge is 0.328 e. The molecule has 2 atom stereocenters. The monoisotopic (exact) mass is 247 g/mol. The van der Waals surface area contributed by atoms with E-state index in [9.17, 15) is 14.4 Å². The van der Waals surface area contributed by atoms with E-state index in [4.69, 9.17) is 10.2 Å². The summed E-state index contributed by atoms with van der Waals surface area (Å²) in [4.78, 5) is 33.0. The van der Waals surface area contributed by atoms with E-state index in [2.05, 4.69) is 10.6 Å². The van der Waals surface area contributed by atoms with E-state index in [0.717, 1.165) is 0 Å². The lowest BCUT2D eigenvalue weighted by atomic mass is 10.3. The maximum absolute atomic E-state index is 11.3. The number of hydrogen-bond donors (Lipinski definition) is 5. The van der Waals surface area contributed by atoms with Gasteiger partial charge in [0.15, 0.2) is 6.04 Å². The highest BCUT2D eigenvalue weighted by molar-refractivity contribution is 5.88. The van der Waals surface area contributed by atoms with Gasteiger partial charge >= 0.3 is 12.0 Å². The van der Waals surface area contributed by atoms with Gasteiger partial charge in [0.1, 0.15) is 6.04 Å². The summed E-state index contributed by atoms with van der Waals surface area (Å²) in [7, 11) is 0. The molecule has 0 spiro atoms. The molecule has 0 heterocycles. The number of aliphatic hydroxyl groups is 1. The minimum atomic E-state index is -1.39. The number of hydrogen-bond acceptors (Lipinski definition) is 4. The van der Waals surface area contributed by atoms with Crippen molar-refractivity contribution in [3.8, 4) is 0 Å². The molecule has 0 aliphatic carbocycles. The number of rotatable bonds is 6. The SMILES string of the molecule is CCNC(=O)C(C)NC(=O)NC(CO)C(=O)O. The predicted octanol–water partition coefficient (Wildman–Crippen LogP) is -1.74. The Balaban J connectivity index is 4.17. The van der Waals surface area contributed by atoms with Crippen molar-refractivity contribution in [2.75, 3.05) is 13.2 Å². The van der Waals surface area contributed by atoms with Crippen LogP contribution in [0.1, 0.15) is 13.8 Å². The summed E-state index contributed by atoms with van der Waals surface area (Å²) in [5, 5.41) is 24.0. The van der Waals surface area contributed by atoms with Gasteiger partial charge in [0.05, 0.1) is 6.61 Å². The minimum absolute atomic E-state index is 0.376. The van der Waals surface area contributed by atoms with Gasteiger partial charge in [0.2, 0.25) is 5.91 Å². The van der Waals surface area contributed by atoms with Crippen LogP contribution in [-0.4, -0.2) is 53.4 Å². The number of carbonyl (C=O) groups is 3. The first kappa shape index (κ1) is 15.2. The van der Waals surface area contributed by atoms with E-state index in [-0.39, 0.29) is 5.91 Å². The number of aliphatic carboxylic acids is 1. The number of aliphatic hydroxyl groups excluding tert-OH is 1. The molecule has 0 radical (unpaired) electrons. The quantitative estimate of drug-likeness (QED) is 0.380. The second-order valence-corrected chi connectivity index (χ2v) is 3.31. The van der Waals surface area contributed by atoms with Gasteiger partial charge in [-0.15, -0.1) is 0 Å². The van der Waals surface area contributed by atoms with Gasteiger partial charge in [0.25, 0.3) is 0 Å². The summed E-state index contributed by atoms with van der Waals surface area (Å²) in [6, 6.07) is -3.01. The van der Waals surface area contributed by atoms with Crippen molar-refractivity contribution >= 4 is 17.9 Å². The summed E-state index contributed by atoms with van der Waals surface area (Å²) in [6.07, 6.45) is 0. The number of carboxylic acid groups (broad SMARTS) is 1. The van der Waals surface area contributed by atoms with E-state index in [0.29, 0.717) is 6.54 Å². The fourth-order valence-electron chi connectivity index (χ4n) is 0.975. The van der Waals surface area contributed by atoms with Crippen LogP contribution in [-0.2, 0) is 9.59 Å². The van der Waals surface area contributed by atoms with Gasteiger partial charge in [-0.3, -0.25) is 4.79 Å². The highest BCUT2D eigenvalue weighted by Gasteiger charge is 2.21. The van der Waals surface area contributed by atoms with Crippen molar-refractivity contribution in [1.29, 1.82) is 0 Å². The molecular weight excluding hydrogens is 230 g/mol. The number of amides is 3. The third-order valence-corrected chi connectivity index (χ3v) is 1.88. The third-order valence-electron chi connectivity index (χ3n) is 1.88. The molecule has 0 rings (SSSR count). The van der Waals surface area contributed by atoms with E-state index in [1.807, 2.05) is 5.32 Å². The molecule has 0 aromatic rings. The van der Waals surface area contributed by atoms with Crippen LogP contribution in [0.15, 0.2) is 0 Å². The van der Waals surface area contributed by atoms with Crippen molar-refractivity contribution in [1.82, 2.24) is 16.0 Å². The maximum Gasteiger partial charge on any atom is 0.328 e. The second kappa shape index (κ2) is 7.44. The summed E-state index contributed by atoms with van der Waals surface area (Å²) < 4.78 is 0. The molecule has 8 heteroatoms. The van der Waals surface area contributed by atoms with E-state index in [1.165, 1.54) is 6.92 Å². The lowest BCUT2D eigenvalue weighted by Gasteiger charge is -2.16. The lowest BCUT2D eigenvalue weighted by Crippen LogP contribution is -2.53. The first-order valence-electron chi connectivity index (χ1n) is 5.10. The van der Waals surface area contributed by atoms with Crippen molar-refractivity contribution < 1.29 is 24.6 Å². The Labute approximate surface area is 98.4 Å². The Bertz CT molecular complexity index is 294. The number of urea groups is 1. The summed E-state index contributed by atoms with van der Waals surface area (Å²) in [6.45, 7) is 2.90. The van der Waals surface area contributed by atoms with E-state index in [1.54, 1.807) is 6.92 Å². The van der Waals surface area contributed by atoms with Crippen LogP contribution in [0.4, 0.5) is 4.79 Å². The first-order chi connectivity index (χ1) is 7.92. The summed E-state index contributed by atoms with van der Waals surface area (Å²) in [5.74, 6) is -1.73. The molecule has 0 aromatic heterocycles. The Morgan fingerprint density at radius 1 is 1.24 bits per heavy atom. The van der Waals surface area contributed by atoms with Crippen LogP contribution in [0.2, 0.25) is 0 Å². The fraction of sp³-hybridized carbons (Fsp3) is 0.667. The van der Waals surface area contributed by atoms with Crippen molar-refractivity contribution in [3.63, 3.8) is 0 Å². The van der Waals surface area contributed by atoms with E-state index >= 15 is 0 Å². The van der Waals surface area contributed by atoms with E-state index < -0.39 is 30.7 Å². The van der Waals surface area contributed by atoms with Gasteiger partial charge < -0.3 is 26.2 Å². The number of likely N-dealkylation sites (N-methyl/N-ethyl adjacent to an activating group) is 1. The molecule has 17 heavy (non-hydrogen) atoms. The Morgan fingerprint density at radius 2 is 1.82 bits per heavy atom. The Hall–Kier alpha value is -1.83. The molecular formula is C9H17N3O5. The average Bonchev–Trinajstić information content (AvgIpc) is 2.25. The normalized spacial score (nSPS) is 13.4. The molecule has 0 bridgehead atoms. The second-order valence-electron chi connectivity index (χ2n) is 3.31. The fourth-order valence-corrected chi connectivity index (χ4v) is 0.975. The van der Waals surface area contributed by atoms with Gasteiger partial charge in [-0.25, -0.2) is 9.59 Å². The lowest BCUT2D eigenvalue weighted by molar-refractivity contribution is -0.140. The van der Waals surface area contributed by atoms with Crippen LogP contribution >= 0.6 is 0 Å². The van der Waals surface area contributed by atoms with Crippen LogP contribution in [0.5, 0.6) is 0 Å². The predicted molar refractivity (Wildman–Crippen MR) is 58.3 cm³/mol. The molecule has 0 saturated heterocycles. The number of nitrogens with one attached hydrogen (secondary N) is 3. The topological polar surface area (TPSA) is 128 Å². The molecule has 3 amide bonds. The maximum atomic E-state index is 11.3. The molecule has 5 N–H and O–H groups in total. The Morgan fingerprint density at radius 3 is 2.24 bits per heavy atom. The van der Waals surface area contributed by atoms with Gasteiger partial charge in [-0.2, -0.15) is 0 Å². The largest absolute Gasteiger partial charge is 0.480 e. The summed E-state index contributed by atoms with van der Waals surface area (Å²) >= 11 is 0. The van der Waals surface area contributed by atoms with Crippen molar-refractivity contribution in [2.24, 2.45) is 0 Å². The zero-order chi connectivity index (χ0) is 13.4.